The van der Waals surface area contributed by atoms with Crippen LogP contribution in [-0.4, -0.2) is 52.3 Å². The van der Waals surface area contributed by atoms with Crippen molar-refractivity contribution in [2.45, 2.75) is 18.9 Å². The van der Waals surface area contributed by atoms with Crippen LogP contribution in [-0.2, 0) is 7.05 Å². The van der Waals surface area contributed by atoms with Gasteiger partial charge in [0.2, 0.25) is 0 Å². The number of aliphatic hydroxyl groups excluding tert-OH is 1. The van der Waals surface area contributed by atoms with Gasteiger partial charge in [-0.2, -0.15) is 0 Å². The summed E-state index contributed by atoms with van der Waals surface area (Å²) >= 11 is 0. The molecule has 0 saturated carbocycles. The fraction of sp³-hybridized carbons (Fsp3) is 0.375. The molecule has 1 N–H and O–H groups in total. The molecule has 1 aliphatic heterocycles. The molecule has 1 aromatic heterocycles. The van der Waals surface area contributed by atoms with Gasteiger partial charge < -0.3 is 14.6 Å². The Hall–Kier alpha value is -2.63. The number of aryl methyl sites for hydroxylation is 1. The van der Waals surface area contributed by atoms with E-state index in [4.69, 9.17) is 0 Å². The Morgan fingerprint density at radius 3 is 2.34 bits per heavy atom. The SMILES string of the molecule is C[C@H](CN1CCN(c2ccccc2[C@@H](O)c2nccn2C)CC1)c1ccccc1. The third-order valence-electron chi connectivity index (χ3n) is 5.95. The Morgan fingerprint density at radius 1 is 0.966 bits per heavy atom. The molecule has 1 fully saturated rings. The van der Waals surface area contributed by atoms with Crippen LogP contribution in [0.3, 0.4) is 0 Å². The lowest BCUT2D eigenvalue weighted by Gasteiger charge is -2.38. The van der Waals surface area contributed by atoms with Crippen molar-refractivity contribution in [3.63, 3.8) is 0 Å². The maximum Gasteiger partial charge on any atom is 0.142 e. The lowest BCUT2D eigenvalue weighted by molar-refractivity contribution is 0.205. The molecule has 0 bridgehead atoms. The van der Waals surface area contributed by atoms with Crippen LogP contribution in [0.4, 0.5) is 5.69 Å². The van der Waals surface area contributed by atoms with Crippen LogP contribution < -0.4 is 4.90 Å². The van der Waals surface area contributed by atoms with Gasteiger partial charge in [-0.15, -0.1) is 0 Å². The molecule has 5 nitrogen and oxygen atoms in total. The van der Waals surface area contributed by atoms with Crippen molar-refractivity contribution in [3.05, 3.63) is 83.9 Å². The number of piperazine rings is 1. The highest BCUT2D eigenvalue weighted by Gasteiger charge is 2.24. The Labute approximate surface area is 173 Å². The zero-order chi connectivity index (χ0) is 20.2. The summed E-state index contributed by atoms with van der Waals surface area (Å²) in [6.07, 6.45) is 2.88. The molecule has 152 valence electrons. The number of rotatable bonds is 6. The van der Waals surface area contributed by atoms with Gasteiger partial charge >= 0.3 is 0 Å². The second-order valence-corrected chi connectivity index (χ2v) is 7.96. The largest absolute Gasteiger partial charge is 0.380 e. The maximum atomic E-state index is 10.9. The quantitative estimate of drug-likeness (QED) is 0.700. The number of benzene rings is 2. The van der Waals surface area contributed by atoms with Gasteiger partial charge in [0.1, 0.15) is 11.9 Å². The third kappa shape index (κ3) is 4.36. The van der Waals surface area contributed by atoms with Crippen LogP contribution in [0.1, 0.15) is 35.9 Å². The molecule has 1 aliphatic rings. The molecule has 0 radical (unpaired) electrons. The van der Waals surface area contributed by atoms with Crippen LogP contribution in [0.15, 0.2) is 67.0 Å². The number of para-hydroxylation sites is 1. The van der Waals surface area contributed by atoms with E-state index in [-0.39, 0.29) is 0 Å². The predicted molar refractivity (Wildman–Crippen MR) is 117 cm³/mol. The van der Waals surface area contributed by atoms with Crippen molar-refractivity contribution in [1.29, 1.82) is 0 Å². The Morgan fingerprint density at radius 2 is 1.66 bits per heavy atom. The number of anilines is 1. The summed E-state index contributed by atoms with van der Waals surface area (Å²) in [4.78, 5) is 9.28. The molecule has 29 heavy (non-hydrogen) atoms. The van der Waals surface area contributed by atoms with Crippen molar-refractivity contribution in [1.82, 2.24) is 14.5 Å². The van der Waals surface area contributed by atoms with E-state index in [2.05, 4.69) is 58.1 Å². The standard InChI is InChI=1S/C24H30N4O/c1-19(20-8-4-3-5-9-20)18-27-14-16-28(17-15-27)22-11-7-6-10-21(22)23(29)24-25-12-13-26(24)2/h3-13,19,23,29H,14-18H2,1-2H3/t19-,23-/m1/s1. The topological polar surface area (TPSA) is 44.5 Å². The smallest absolute Gasteiger partial charge is 0.142 e. The lowest BCUT2D eigenvalue weighted by atomic mass is 10.0. The molecule has 2 aromatic carbocycles. The zero-order valence-corrected chi connectivity index (χ0v) is 17.3. The highest BCUT2D eigenvalue weighted by molar-refractivity contribution is 5.56. The maximum absolute atomic E-state index is 10.9. The van der Waals surface area contributed by atoms with Crippen LogP contribution >= 0.6 is 0 Å². The zero-order valence-electron chi connectivity index (χ0n) is 17.3. The molecule has 0 amide bonds. The van der Waals surface area contributed by atoms with Crippen LogP contribution in [0, 0.1) is 0 Å². The van der Waals surface area contributed by atoms with Crippen LogP contribution in [0.5, 0.6) is 0 Å². The molecule has 5 heteroatoms. The fourth-order valence-corrected chi connectivity index (χ4v) is 4.23. The van der Waals surface area contributed by atoms with E-state index in [1.54, 1.807) is 6.20 Å². The third-order valence-corrected chi connectivity index (χ3v) is 5.95. The highest BCUT2D eigenvalue weighted by Crippen LogP contribution is 2.30. The minimum absolute atomic E-state index is 0.528. The van der Waals surface area contributed by atoms with Gasteiger partial charge in [0.25, 0.3) is 0 Å². The fourth-order valence-electron chi connectivity index (χ4n) is 4.23. The molecular weight excluding hydrogens is 360 g/mol. The van der Waals surface area contributed by atoms with E-state index in [9.17, 15) is 5.11 Å². The molecule has 2 atom stereocenters. The highest BCUT2D eigenvalue weighted by atomic mass is 16.3. The predicted octanol–water partition coefficient (Wildman–Crippen LogP) is 3.43. The van der Waals surface area contributed by atoms with Crippen molar-refractivity contribution >= 4 is 5.69 Å². The van der Waals surface area contributed by atoms with Crippen molar-refractivity contribution in [2.75, 3.05) is 37.6 Å². The Kier molecular flexibility index (Phi) is 5.97. The molecule has 0 spiro atoms. The van der Waals surface area contributed by atoms with E-state index in [1.165, 1.54) is 5.56 Å². The molecule has 4 rings (SSSR count). The average Bonchev–Trinajstić information content (AvgIpc) is 3.20. The molecule has 0 aliphatic carbocycles. The second kappa shape index (κ2) is 8.80. The monoisotopic (exact) mass is 390 g/mol. The first-order chi connectivity index (χ1) is 14.1. The summed E-state index contributed by atoms with van der Waals surface area (Å²) in [6.45, 7) is 7.38. The Balaban J connectivity index is 1.42. The van der Waals surface area contributed by atoms with Gasteiger partial charge in [0.05, 0.1) is 0 Å². The summed E-state index contributed by atoms with van der Waals surface area (Å²) in [7, 11) is 1.92. The first-order valence-corrected chi connectivity index (χ1v) is 10.4. The van der Waals surface area contributed by atoms with E-state index in [1.807, 2.05) is 36.0 Å². The van der Waals surface area contributed by atoms with E-state index < -0.39 is 6.10 Å². The van der Waals surface area contributed by atoms with Crippen molar-refractivity contribution in [3.8, 4) is 0 Å². The summed E-state index contributed by atoms with van der Waals surface area (Å²) < 4.78 is 1.88. The number of imidazole rings is 1. The number of aromatic nitrogens is 2. The second-order valence-electron chi connectivity index (χ2n) is 7.96. The minimum atomic E-state index is -0.720. The van der Waals surface area contributed by atoms with Gasteiger partial charge in [-0.05, 0) is 17.5 Å². The van der Waals surface area contributed by atoms with Crippen molar-refractivity contribution < 1.29 is 5.11 Å². The number of nitrogens with zero attached hydrogens (tertiary/aromatic N) is 4. The normalized spacial score (nSPS) is 17.3. The first-order valence-electron chi connectivity index (χ1n) is 10.4. The molecule has 0 unspecified atom stereocenters. The number of aliphatic hydroxyl groups is 1. The van der Waals surface area contributed by atoms with Gasteiger partial charge in [-0.1, -0.05) is 55.5 Å². The average molecular weight is 391 g/mol. The molecule has 3 aromatic rings. The van der Waals surface area contributed by atoms with Crippen molar-refractivity contribution in [2.24, 2.45) is 7.05 Å². The minimum Gasteiger partial charge on any atom is -0.380 e. The number of hydrogen-bond donors (Lipinski definition) is 1. The summed E-state index contributed by atoms with van der Waals surface area (Å²) in [5.41, 5.74) is 3.44. The number of hydrogen-bond acceptors (Lipinski definition) is 4. The molecule has 1 saturated heterocycles. The Bertz CT molecular complexity index is 915. The van der Waals surface area contributed by atoms with Crippen LogP contribution in [0.25, 0.3) is 0 Å². The van der Waals surface area contributed by atoms with E-state index in [0.717, 1.165) is 44.0 Å². The van der Waals surface area contributed by atoms with Gasteiger partial charge in [0, 0.05) is 63.4 Å². The van der Waals surface area contributed by atoms with Gasteiger partial charge in [0.15, 0.2) is 0 Å². The van der Waals surface area contributed by atoms with E-state index >= 15 is 0 Å². The molecular formula is C24H30N4O. The van der Waals surface area contributed by atoms with Gasteiger partial charge in [-0.25, -0.2) is 4.98 Å². The molecule has 2 heterocycles. The van der Waals surface area contributed by atoms with Crippen LogP contribution in [0.2, 0.25) is 0 Å². The first kappa shape index (κ1) is 19.7. The lowest BCUT2D eigenvalue weighted by Crippen LogP contribution is -2.47. The van der Waals surface area contributed by atoms with Gasteiger partial charge in [-0.3, -0.25) is 4.90 Å². The van der Waals surface area contributed by atoms with E-state index in [0.29, 0.717) is 11.7 Å². The summed E-state index contributed by atoms with van der Waals surface area (Å²) in [5, 5.41) is 10.9. The summed E-state index contributed by atoms with van der Waals surface area (Å²) in [6, 6.07) is 18.9. The summed E-state index contributed by atoms with van der Waals surface area (Å²) in [5.74, 6) is 1.20.